The summed E-state index contributed by atoms with van der Waals surface area (Å²) in [6.45, 7) is 9.32. The molecule has 1 aliphatic rings. The third kappa shape index (κ3) is 3.34. The topological polar surface area (TPSA) is 51.4 Å². The maximum Gasteiger partial charge on any atom is 0.0982 e. The normalized spacial score (nSPS) is 25.1. The molecule has 0 aromatic carbocycles. The summed E-state index contributed by atoms with van der Waals surface area (Å²) >= 11 is 1.75. The number of hydrogen-bond donors (Lipinski definition) is 1. The quantitative estimate of drug-likeness (QED) is 0.920. The molecule has 108 valence electrons. The molecule has 5 heteroatoms. The Bertz CT molecular complexity index is 413. The van der Waals surface area contributed by atoms with E-state index in [-0.39, 0.29) is 17.5 Å². The summed E-state index contributed by atoms with van der Waals surface area (Å²) in [5, 5.41) is 3.37. The van der Waals surface area contributed by atoms with Gasteiger partial charge in [-0.3, -0.25) is 4.90 Å². The van der Waals surface area contributed by atoms with Crippen LogP contribution >= 0.6 is 11.3 Å². The van der Waals surface area contributed by atoms with Crippen LogP contribution in [0.15, 0.2) is 5.38 Å². The predicted molar refractivity (Wildman–Crippen MR) is 79.6 cm³/mol. The molecule has 1 fully saturated rings. The molecule has 0 radical (unpaired) electrons. The number of nitrogens with two attached hydrogens (primary N) is 1. The summed E-state index contributed by atoms with van der Waals surface area (Å²) in [6.07, 6.45) is 1.04. The summed E-state index contributed by atoms with van der Waals surface area (Å²) in [4.78, 5) is 7.23. The van der Waals surface area contributed by atoms with E-state index in [9.17, 15) is 0 Å². The molecule has 2 N–H and O–H groups in total. The number of rotatable bonds is 4. The first-order chi connectivity index (χ1) is 8.93. The van der Waals surface area contributed by atoms with Gasteiger partial charge in [0.2, 0.25) is 0 Å². The van der Waals surface area contributed by atoms with E-state index in [2.05, 4.69) is 31.1 Å². The number of likely N-dealkylation sites (tertiary alicyclic amines) is 1. The van der Waals surface area contributed by atoms with Gasteiger partial charge in [0.05, 0.1) is 23.4 Å². The monoisotopic (exact) mass is 283 g/mol. The average molecular weight is 283 g/mol. The number of nitrogens with zero attached hydrogens (tertiary/aromatic N) is 2. The van der Waals surface area contributed by atoms with E-state index in [0.29, 0.717) is 0 Å². The van der Waals surface area contributed by atoms with Gasteiger partial charge >= 0.3 is 0 Å². The van der Waals surface area contributed by atoms with Crippen LogP contribution in [-0.4, -0.2) is 42.7 Å². The molecule has 0 spiro atoms. The van der Waals surface area contributed by atoms with E-state index < -0.39 is 0 Å². The first-order valence-electron chi connectivity index (χ1n) is 6.88. The highest BCUT2D eigenvalue weighted by molar-refractivity contribution is 7.09. The van der Waals surface area contributed by atoms with Crippen molar-refractivity contribution in [2.24, 2.45) is 5.73 Å². The number of thiazole rings is 1. The Morgan fingerprint density at radius 2 is 2.26 bits per heavy atom. The van der Waals surface area contributed by atoms with Crippen molar-refractivity contribution < 1.29 is 4.74 Å². The average Bonchev–Trinajstić information content (AvgIpc) is 2.92. The minimum Gasteiger partial charge on any atom is -0.383 e. The first kappa shape index (κ1) is 14.9. The fourth-order valence-corrected chi connectivity index (χ4v) is 3.45. The van der Waals surface area contributed by atoms with E-state index >= 15 is 0 Å². The van der Waals surface area contributed by atoms with Gasteiger partial charge in [-0.05, 0) is 6.42 Å². The van der Waals surface area contributed by atoms with Crippen molar-refractivity contribution in [3.63, 3.8) is 0 Å². The number of methoxy groups -OCH3 is 1. The maximum absolute atomic E-state index is 6.27. The van der Waals surface area contributed by atoms with Gasteiger partial charge in [0.1, 0.15) is 0 Å². The summed E-state index contributed by atoms with van der Waals surface area (Å²) in [6, 6.07) is 0.439. The molecule has 1 aromatic heterocycles. The fraction of sp³-hybridized carbons (Fsp3) is 0.786. The van der Waals surface area contributed by atoms with E-state index in [1.54, 1.807) is 18.4 Å². The zero-order valence-electron chi connectivity index (χ0n) is 12.3. The van der Waals surface area contributed by atoms with Gasteiger partial charge in [-0.1, -0.05) is 20.8 Å². The summed E-state index contributed by atoms with van der Waals surface area (Å²) < 4.78 is 5.18. The Morgan fingerprint density at radius 1 is 1.53 bits per heavy atom. The van der Waals surface area contributed by atoms with E-state index in [0.717, 1.165) is 31.8 Å². The highest BCUT2D eigenvalue weighted by atomic mass is 32.1. The molecule has 0 aliphatic carbocycles. The Kier molecular flexibility index (Phi) is 4.61. The first-order valence-corrected chi connectivity index (χ1v) is 7.76. The van der Waals surface area contributed by atoms with Crippen molar-refractivity contribution in [3.05, 3.63) is 16.1 Å². The highest BCUT2D eigenvalue weighted by Crippen LogP contribution is 2.34. The summed E-state index contributed by atoms with van der Waals surface area (Å²) in [5.41, 5.74) is 7.52. The summed E-state index contributed by atoms with van der Waals surface area (Å²) in [5.74, 6) is 0. The smallest absolute Gasteiger partial charge is 0.0982 e. The molecule has 2 heterocycles. The van der Waals surface area contributed by atoms with Crippen molar-refractivity contribution in [1.29, 1.82) is 0 Å². The van der Waals surface area contributed by atoms with Crippen molar-refractivity contribution >= 4 is 11.3 Å². The van der Waals surface area contributed by atoms with Crippen LogP contribution in [0.2, 0.25) is 0 Å². The second kappa shape index (κ2) is 5.87. The number of hydrogen-bond acceptors (Lipinski definition) is 5. The second-order valence-corrected chi connectivity index (χ2v) is 7.11. The van der Waals surface area contributed by atoms with Crippen LogP contribution in [0.25, 0.3) is 0 Å². The SMILES string of the molecule is COCCN1CCC(N)C1c1csc(C(C)(C)C)n1. The predicted octanol–water partition coefficient (Wildman–Crippen LogP) is 2.16. The largest absolute Gasteiger partial charge is 0.383 e. The Labute approximate surface area is 120 Å². The van der Waals surface area contributed by atoms with Crippen molar-refractivity contribution in [2.75, 3.05) is 26.8 Å². The Hall–Kier alpha value is -0.490. The standard InChI is InChI=1S/C14H25N3OS/c1-14(2,3)13-16-11(9-19-13)12-10(15)5-6-17(12)7-8-18-4/h9-10,12H,5-8,15H2,1-4H3. The van der Waals surface area contributed by atoms with Gasteiger partial charge in [-0.15, -0.1) is 11.3 Å². The third-order valence-electron chi connectivity index (χ3n) is 3.60. The minimum atomic E-state index is 0.114. The van der Waals surface area contributed by atoms with Crippen LogP contribution < -0.4 is 5.73 Å². The molecular formula is C14H25N3OS. The van der Waals surface area contributed by atoms with Gasteiger partial charge in [0, 0.05) is 37.0 Å². The molecule has 1 aromatic rings. The van der Waals surface area contributed by atoms with E-state index in [1.807, 2.05) is 0 Å². The highest BCUT2D eigenvalue weighted by Gasteiger charge is 2.34. The van der Waals surface area contributed by atoms with Crippen LogP contribution in [0.1, 0.15) is 43.9 Å². The van der Waals surface area contributed by atoms with Crippen molar-refractivity contribution in [3.8, 4) is 0 Å². The third-order valence-corrected chi connectivity index (χ3v) is 4.88. The molecule has 2 atom stereocenters. The van der Waals surface area contributed by atoms with Crippen molar-refractivity contribution in [1.82, 2.24) is 9.88 Å². The Morgan fingerprint density at radius 3 is 2.84 bits per heavy atom. The van der Waals surface area contributed by atoms with E-state index in [4.69, 9.17) is 15.5 Å². The molecule has 2 unspecified atom stereocenters. The lowest BCUT2D eigenvalue weighted by atomic mass is 9.98. The lowest BCUT2D eigenvalue weighted by Crippen LogP contribution is -2.34. The fourth-order valence-electron chi connectivity index (χ4n) is 2.51. The number of aromatic nitrogens is 1. The van der Waals surface area contributed by atoms with Gasteiger partial charge in [0.25, 0.3) is 0 Å². The van der Waals surface area contributed by atoms with Crippen molar-refractivity contribution in [2.45, 2.75) is 44.7 Å². The minimum absolute atomic E-state index is 0.114. The molecule has 1 aliphatic heterocycles. The van der Waals surface area contributed by atoms with Gasteiger partial charge in [-0.2, -0.15) is 0 Å². The van der Waals surface area contributed by atoms with Gasteiger partial charge < -0.3 is 10.5 Å². The molecule has 4 nitrogen and oxygen atoms in total. The van der Waals surface area contributed by atoms with Crippen LogP contribution in [0, 0.1) is 0 Å². The second-order valence-electron chi connectivity index (χ2n) is 6.25. The van der Waals surface area contributed by atoms with E-state index in [1.165, 1.54) is 5.01 Å². The maximum atomic E-state index is 6.27. The number of ether oxygens (including phenoxy) is 1. The van der Waals surface area contributed by atoms with Gasteiger partial charge in [-0.25, -0.2) is 4.98 Å². The lowest BCUT2D eigenvalue weighted by Gasteiger charge is -2.25. The molecular weight excluding hydrogens is 258 g/mol. The zero-order valence-corrected chi connectivity index (χ0v) is 13.2. The van der Waals surface area contributed by atoms with Crippen LogP contribution in [0.4, 0.5) is 0 Å². The molecule has 2 rings (SSSR count). The molecule has 0 bridgehead atoms. The van der Waals surface area contributed by atoms with Gasteiger partial charge in [0.15, 0.2) is 0 Å². The lowest BCUT2D eigenvalue weighted by molar-refractivity contribution is 0.138. The molecule has 0 saturated carbocycles. The molecule has 19 heavy (non-hydrogen) atoms. The molecule has 0 amide bonds. The van der Waals surface area contributed by atoms with Crippen LogP contribution in [0.3, 0.4) is 0 Å². The van der Waals surface area contributed by atoms with Crippen LogP contribution in [-0.2, 0) is 10.2 Å². The molecule has 1 saturated heterocycles. The summed E-state index contributed by atoms with van der Waals surface area (Å²) in [7, 11) is 1.74. The Balaban J connectivity index is 2.16. The zero-order chi connectivity index (χ0) is 14.0. The van der Waals surface area contributed by atoms with Crippen LogP contribution in [0.5, 0.6) is 0 Å².